The Balaban J connectivity index is 2.27. The number of hydrogen-bond donors (Lipinski definition) is 1. The highest BCUT2D eigenvalue weighted by Crippen LogP contribution is 2.23. The van der Waals surface area contributed by atoms with Crippen LogP contribution in [-0.4, -0.2) is 22.9 Å². The van der Waals surface area contributed by atoms with Crippen LogP contribution in [0.15, 0.2) is 17.8 Å². The van der Waals surface area contributed by atoms with E-state index in [-0.39, 0.29) is 6.54 Å². The summed E-state index contributed by atoms with van der Waals surface area (Å²) in [6.07, 6.45) is -1.01. The first-order valence-corrected chi connectivity index (χ1v) is 4.85. The number of nitrogens with one attached hydrogen (secondary N) is 1. The van der Waals surface area contributed by atoms with E-state index in [1.165, 1.54) is 17.7 Å². The zero-order chi connectivity index (χ0) is 9.97. The highest BCUT2D eigenvalue weighted by atomic mass is 32.1. The van der Waals surface area contributed by atoms with Gasteiger partial charge in [0.05, 0.1) is 11.9 Å². The summed E-state index contributed by atoms with van der Waals surface area (Å²) >= 11 is 1.46. The third kappa shape index (κ3) is 1.79. The Bertz CT molecular complexity index is 429. The molecule has 0 saturated heterocycles. The largest absolute Gasteiger partial charge is 0.364 e. The van der Waals surface area contributed by atoms with Gasteiger partial charge >= 0.3 is 0 Å². The molecule has 0 atom stereocenters. The maximum Gasteiger partial charge on any atom is 0.255 e. The predicted octanol–water partition coefficient (Wildman–Crippen LogP) is 2.37. The molecule has 3 nitrogen and oxygen atoms in total. The van der Waals surface area contributed by atoms with Gasteiger partial charge in [-0.15, -0.1) is 11.3 Å². The van der Waals surface area contributed by atoms with Crippen LogP contribution in [0.3, 0.4) is 0 Å². The predicted molar refractivity (Wildman–Crippen MR) is 51.9 cm³/mol. The normalized spacial score (nSPS) is 11.1. The lowest BCUT2D eigenvalue weighted by molar-refractivity contribution is 0.163. The van der Waals surface area contributed by atoms with Crippen LogP contribution in [0, 0.1) is 0 Å². The van der Waals surface area contributed by atoms with Gasteiger partial charge in [0.2, 0.25) is 0 Å². The van der Waals surface area contributed by atoms with E-state index >= 15 is 0 Å². The number of fused-ring (bicyclic) bond motifs is 1. The number of halogens is 2. The van der Waals surface area contributed by atoms with E-state index in [4.69, 9.17) is 0 Å². The summed E-state index contributed by atoms with van der Waals surface area (Å²) in [5, 5.41) is 5.22. The number of hydrogen-bond acceptors (Lipinski definition) is 4. The van der Waals surface area contributed by atoms with Crippen molar-refractivity contribution in [2.24, 2.45) is 0 Å². The Hall–Kier alpha value is -1.30. The molecule has 0 fully saturated rings. The van der Waals surface area contributed by atoms with Crippen LogP contribution in [0.4, 0.5) is 14.6 Å². The fourth-order valence-corrected chi connectivity index (χ4v) is 1.84. The zero-order valence-corrected chi connectivity index (χ0v) is 7.89. The Kier molecular flexibility index (Phi) is 2.53. The molecule has 0 aliphatic heterocycles. The molecule has 2 rings (SSSR count). The molecule has 0 aliphatic rings. The summed E-state index contributed by atoms with van der Waals surface area (Å²) in [7, 11) is 0. The molecule has 2 aromatic rings. The van der Waals surface area contributed by atoms with Crippen molar-refractivity contribution in [1.82, 2.24) is 9.97 Å². The van der Waals surface area contributed by atoms with Crippen LogP contribution < -0.4 is 5.32 Å². The smallest absolute Gasteiger partial charge is 0.255 e. The van der Waals surface area contributed by atoms with Crippen molar-refractivity contribution in [2.75, 3.05) is 11.9 Å². The van der Waals surface area contributed by atoms with Crippen molar-refractivity contribution in [1.29, 1.82) is 0 Å². The van der Waals surface area contributed by atoms with Gasteiger partial charge in [-0.1, -0.05) is 0 Å². The molecule has 0 radical (unpaired) electrons. The van der Waals surface area contributed by atoms with E-state index in [2.05, 4.69) is 15.3 Å². The average Bonchev–Trinajstić information content (AvgIpc) is 2.62. The van der Waals surface area contributed by atoms with Crippen LogP contribution in [0.25, 0.3) is 10.2 Å². The third-order valence-corrected chi connectivity index (χ3v) is 2.51. The number of anilines is 1. The minimum absolute atomic E-state index is 0.387. The van der Waals surface area contributed by atoms with Gasteiger partial charge in [0, 0.05) is 0 Å². The van der Waals surface area contributed by atoms with Crippen molar-refractivity contribution in [3.63, 3.8) is 0 Å². The van der Waals surface area contributed by atoms with Gasteiger partial charge < -0.3 is 5.32 Å². The van der Waals surface area contributed by atoms with Crippen LogP contribution in [0.5, 0.6) is 0 Å². The highest BCUT2D eigenvalue weighted by molar-refractivity contribution is 7.16. The molecule has 0 aromatic carbocycles. The maximum absolute atomic E-state index is 11.9. The van der Waals surface area contributed by atoms with Crippen molar-refractivity contribution in [3.05, 3.63) is 17.8 Å². The second-order valence-electron chi connectivity index (χ2n) is 2.63. The van der Waals surface area contributed by atoms with Crippen molar-refractivity contribution in [2.45, 2.75) is 6.43 Å². The first kappa shape index (κ1) is 9.26. The van der Waals surface area contributed by atoms with E-state index < -0.39 is 6.43 Å². The van der Waals surface area contributed by atoms with E-state index in [9.17, 15) is 8.78 Å². The van der Waals surface area contributed by atoms with Gasteiger partial charge in [0.15, 0.2) is 0 Å². The molecule has 0 unspecified atom stereocenters. The van der Waals surface area contributed by atoms with Gasteiger partial charge in [-0.05, 0) is 11.4 Å². The number of rotatable bonds is 3. The Labute approximate surface area is 82.8 Å². The molecule has 0 aliphatic carbocycles. The topological polar surface area (TPSA) is 37.8 Å². The van der Waals surface area contributed by atoms with E-state index in [1.54, 1.807) is 0 Å². The first-order chi connectivity index (χ1) is 6.77. The Morgan fingerprint density at radius 1 is 1.43 bits per heavy atom. The Morgan fingerprint density at radius 2 is 2.29 bits per heavy atom. The van der Waals surface area contributed by atoms with Crippen molar-refractivity contribution in [3.8, 4) is 0 Å². The summed E-state index contributed by atoms with van der Waals surface area (Å²) in [5.74, 6) is 0.469. The molecule has 0 saturated carbocycles. The second-order valence-corrected chi connectivity index (χ2v) is 3.53. The SMILES string of the molecule is FC(F)CNc1ncnc2sccc12. The summed E-state index contributed by atoms with van der Waals surface area (Å²) in [6, 6.07) is 1.81. The average molecular weight is 215 g/mol. The summed E-state index contributed by atoms with van der Waals surface area (Å²) < 4.78 is 23.9. The molecule has 2 aromatic heterocycles. The lowest BCUT2D eigenvalue weighted by Gasteiger charge is -2.04. The van der Waals surface area contributed by atoms with Crippen LogP contribution in [0.2, 0.25) is 0 Å². The highest BCUT2D eigenvalue weighted by Gasteiger charge is 2.06. The summed E-state index contributed by atoms with van der Waals surface area (Å²) in [6.45, 7) is -0.387. The first-order valence-electron chi connectivity index (χ1n) is 3.97. The number of alkyl halides is 2. The fourth-order valence-electron chi connectivity index (χ4n) is 1.10. The molecule has 0 spiro atoms. The number of nitrogens with zero attached hydrogens (tertiary/aromatic N) is 2. The van der Waals surface area contributed by atoms with Crippen LogP contribution in [0.1, 0.15) is 0 Å². The monoisotopic (exact) mass is 215 g/mol. The lowest BCUT2D eigenvalue weighted by Crippen LogP contribution is -2.11. The number of thiophene rings is 1. The molecule has 0 bridgehead atoms. The van der Waals surface area contributed by atoms with Crippen molar-refractivity contribution >= 4 is 27.4 Å². The van der Waals surface area contributed by atoms with E-state index in [0.717, 1.165) is 10.2 Å². The van der Waals surface area contributed by atoms with Gasteiger partial charge in [0.1, 0.15) is 17.0 Å². The van der Waals surface area contributed by atoms with Crippen LogP contribution in [-0.2, 0) is 0 Å². The molecule has 74 valence electrons. The molecule has 14 heavy (non-hydrogen) atoms. The lowest BCUT2D eigenvalue weighted by atomic mass is 10.4. The summed E-state index contributed by atoms with van der Waals surface area (Å²) in [4.78, 5) is 8.71. The molecule has 1 N–H and O–H groups in total. The van der Waals surface area contributed by atoms with E-state index in [1.807, 2.05) is 11.4 Å². The van der Waals surface area contributed by atoms with Gasteiger partial charge in [0.25, 0.3) is 6.43 Å². The zero-order valence-electron chi connectivity index (χ0n) is 7.08. The quantitative estimate of drug-likeness (QED) is 0.854. The number of aromatic nitrogens is 2. The third-order valence-electron chi connectivity index (χ3n) is 1.69. The summed E-state index contributed by atoms with van der Waals surface area (Å²) in [5.41, 5.74) is 0. The minimum atomic E-state index is -2.38. The van der Waals surface area contributed by atoms with Crippen LogP contribution >= 0.6 is 11.3 Å². The standard InChI is InChI=1S/C8H7F2N3S/c9-6(10)3-11-7-5-1-2-14-8(5)13-4-12-7/h1-2,4,6H,3H2,(H,11,12,13). The second kappa shape index (κ2) is 3.83. The molecule has 2 heterocycles. The van der Waals surface area contributed by atoms with Gasteiger partial charge in [-0.3, -0.25) is 0 Å². The molecule has 6 heteroatoms. The van der Waals surface area contributed by atoms with Gasteiger partial charge in [-0.2, -0.15) is 0 Å². The minimum Gasteiger partial charge on any atom is -0.364 e. The molecular weight excluding hydrogens is 208 g/mol. The molecule has 0 amide bonds. The Morgan fingerprint density at radius 3 is 3.07 bits per heavy atom. The fraction of sp³-hybridized carbons (Fsp3) is 0.250. The van der Waals surface area contributed by atoms with E-state index in [0.29, 0.717) is 5.82 Å². The maximum atomic E-state index is 11.9. The molecular formula is C8H7F2N3S. The van der Waals surface area contributed by atoms with Gasteiger partial charge in [-0.25, -0.2) is 18.7 Å². The van der Waals surface area contributed by atoms with Crippen molar-refractivity contribution < 1.29 is 8.78 Å².